The van der Waals surface area contributed by atoms with E-state index in [4.69, 9.17) is 23.2 Å². The van der Waals surface area contributed by atoms with Crippen molar-refractivity contribution < 1.29 is 4.79 Å². The fraction of sp³-hybridized carbons (Fsp3) is 0.211. The number of amides is 1. The molecule has 0 aliphatic rings. The van der Waals surface area contributed by atoms with E-state index in [-0.39, 0.29) is 5.91 Å². The highest BCUT2D eigenvalue weighted by Gasteiger charge is 2.20. The van der Waals surface area contributed by atoms with Crippen LogP contribution in [-0.2, 0) is 4.79 Å². The van der Waals surface area contributed by atoms with Crippen LogP contribution in [0.25, 0.3) is 5.69 Å². The lowest BCUT2D eigenvalue weighted by atomic mass is 10.1. The minimum Gasteiger partial charge on any atom is -0.324 e. The number of aromatic nitrogens is 3. The molecular formula is C19H18Cl2N4OS. The van der Waals surface area contributed by atoms with Gasteiger partial charge >= 0.3 is 0 Å². The Kier molecular flexibility index (Phi) is 6.09. The third-order valence-corrected chi connectivity index (χ3v) is 5.86. The maximum absolute atomic E-state index is 12.6. The van der Waals surface area contributed by atoms with E-state index in [1.54, 1.807) is 31.5 Å². The van der Waals surface area contributed by atoms with Crippen LogP contribution >= 0.6 is 35.0 Å². The fourth-order valence-electron chi connectivity index (χ4n) is 2.59. The first-order valence-electron chi connectivity index (χ1n) is 8.26. The highest BCUT2D eigenvalue weighted by atomic mass is 35.5. The molecule has 0 unspecified atom stereocenters. The van der Waals surface area contributed by atoms with Crippen LogP contribution in [-0.4, -0.2) is 25.9 Å². The van der Waals surface area contributed by atoms with Crippen LogP contribution in [0.5, 0.6) is 0 Å². The Bertz CT molecular complexity index is 990. The molecule has 3 aromatic rings. The summed E-state index contributed by atoms with van der Waals surface area (Å²) in [5.74, 6) is -0.195. The second-order valence-electron chi connectivity index (χ2n) is 6.12. The lowest BCUT2D eigenvalue weighted by Crippen LogP contribution is -2.23. The average molecular weight is 421 g/mol. The zero-order valence-electron chi connectivity index (χ0n) is 15.0. The Hall–Kier alpha value is -2.02. The van der Waals surface area contributed by atoms with Crippen molar-refractivity contribution in [3.8, 4) is 5.69 Å². The number of thioether (sulfide) groups is 1. The van der Waals surface area contributed by atoms with E-state index in [1.165, 1.54) is 17.3 Å². The minimum absolute atomic E-state index is 0.195. The van der Waals surface area contributed by atoms with Gasteiger partial charge in [0.05, 0.1) is 26.7 Å². The number of carbonyl (C=O) groups excluding carboxylic acids is 1. The van der Waals surface area contributed by atoms with Crippen molar-refractivity contribution >= 4 is 46.6 Å². The Labute approximate surface area is 172 Å². The Morgan fingerprint density at radius 1 is 1.22 bits per heavy atom. The molecular weight excluding hydrogens is 403 g/mol. The molecule has 0 radical (unpaired) electrons. The van der Waals surface area contributed by atoms with Crippen molar-refractivity contribution in [3.63, 3.8) is 0 Å². The van der Waals surface area contributed by atoms with Gasteiger partial charge in [-0.2, -0.15) is 0 Å². The molecule has 0 bridgehead atoms. The first-order chi connectivity index (χ1) is 12.9. The molecule has 5 nitrogen and oxygen atoms in total. The second-order valence-corrected chi connectivity index (χ2v) is 8.22. The van der Waals surface area contributed by atoms with Gasteiger partial charge < -0.3 is 5.32 Å². The van der Waals surface area contributed by atoms with E-state index in [9.17, 15) is 4.79 Å². The third-order valence-electron chi connectivity index (χ3n) is 3.99. The molecule has 1 amide bonds. The number of carbonyl (C=O) groups is 1. The summed E-state index contributed by atoms with van der Waals surface area (Å²) in [7, 11) is 0. The average Bonchev–Trinajstić information content (AvgIpc) is 3.06. The van der Waals surface area contributed by atoms with Crippen molar-refractivity contribution in [3.05, 3.63) is 63.9 Å². The van der Waals surface area contributed by atoms with Gasteiger partial charge in [0.15, 0.2) is 5.16 Å². The van der Waals surface area contributed by atoms with Crippen molar-refractivity contribution in [2.75, 3.05) is 5.32 Å². The Morgan fingerprint density at radius 2 is 2.00 bits per heavy atom. The number of hydrogen-bond donors (Lipinski definition) is 1. The summed E-state index contributed by atoms with van der Waals surface area (Å²) in [6, 6.07) is 11.3. The molecule has 3 rings (SSSR count). The number of benzene rings is 2. The maximum Gasteiger partial charge on any atom is 0.237 e. The van der Waals surface area contributed by atoms with E-state index in [0.29, 0.717) is 20.9 Å². The van der Waals surface area contributed by atoms with Crippen LogP contribution in [0.4, 0.5) is 5.69 Å². The summed E-state index contributed by atoms with van der Waals surface area (Å²) in [5.41, 5.74) is 3.76. The number of anilines is 1. The van der Waals surface area contributed by atoms with Crippen molar-refractivity contribution in [1.29, 1.82) is 0 Å². The number of rotatable bonds is 5. The summed E-state index contributed by atoms with van der Waals surface area (Å²) < 4.78 is 1.88. The van der Waals surface area contributed by atoms with Crippen LogP contribution in [0.15, 0.2) is 47.9 Å². The molecule has 2 aromatic carbocycles. The van der Waals surface area contributed by atoms with Gasteiger partial charge in [-0.1, -0.05) is 58.7 Å². The lowest BCUT2D eigenvalue weighted by molar-refractivity contribution is -0.115. The van der Waals surface area contributed by atoms with Gasteiger partial charge in [-0.05, 0) is 44.5 Å². The summed E-state index contributed by atoms with van der Waals surface area (Å²) in [4.78, 5) is 12.6. The molecule has 0 saturated carbocycles. The van der Waals surface area contributed by atoms with E-state index in [0.717, 1.165) is 11.3 Å². The molecule has 1 aromatic heterocycles. The van der Waals surface area contributed by atoms with Gasteiger partial charge in [0.25, 0.3) is 0 Å². The summed E-state index contributed by atoms with van der Waals surface area (Å²) in [6.07, 6.45) is 1.65. The molecule has 1 N–H and O–H groups in total. The number of halogens is 2. The lowest BCUT2D eigenvalue weighted by Gasteiger charge is -2.14. The zero-order valence-corrected chi connectivity index (χ0v) is 17.4. The predicted octanol–water partition coefficient (Wildman–Crippen LogP) is 5.31. The van der Waals surface area contributed by atoms with Gasteiger partial charge in [-0.25, -0.2) is 0 Å². The van der Waals surface area contributed by atoms with Gasteiger partial charge in [-0.15, -0.1) is 10.2 Å². The number of aryl methyl sites for hydroxylation is 2. The quantitative estimate of drug-likeness (QED) is 0.568. The fourth-order valence-corrected chi connectivity index (χ4v) is 3.78. The number of hydrogen-bond acceptors (Lipinski definition) is 4. The Morgan fingerprint density at radius 3 is 2.74 bits per heavy atom. The summed E-state index contributed by atoms with van der Waals surface area (Å²) in [5, 5.41) is 11.9. The molecule has 140 valence electrons. The molecule has 0 spiro atoms. The van der Waals surface area contributed by atoms with E-state index in [2.05, 4.69) is 21.6 Å². The molecule has 0 fully saturated rings. The standard InChI is InChI=1S/C19H18Cl2N4OS/c1-11-7-8-16(12(2)9-11)25-10-22-24-19(25)27-13(3)18(26)23-15-6-4-5-14(20)17(15)21/h4-10,13H,1-3H3,(H,23,26)/t13-/m0/s1. The molecule has 0 saturated heterocycles. The van der Waals surface area contributed by atoms with Gasteiger partial charge in [0.2, 0.25) is 5.91 Å². The normalized spacial score (nSPS) is 12.0. The second kappa shape index (κ2) is 8.33. The van der Waals surface area contributed by atoms with E-state index in [1.807, 2.05) is 30.5 Å². The summed E-state index contributed by atoms with van der Waals surface area (Å²) in [6.45, 7) is 5.89. The summed E-state index contributed by atoms with van der Waals surface area (Å²) >= 11 is 13.5. The van der Waals surface area contributed by atoms with Crippen LogP contribution in [0.2, 0.25) is 10.0 Å². The topological polar surface area (TPSA) is 59.8 Å². The van der Waals surface area contributed by atoms with Crippen LogP contribution in [0, 0.1) is 13.8 Å². The molecule has 1 atom stereocenters. The molecule has 0 aliphatic heterocycles. The molecule has 27 heavy (non-hydrogen) atoms. The first kappa shape index (κ1) is 19.7. The van der Waals surface area contributed by atoms with Crippen LogP contribution in [0.3, 0.4) is 0 Å². The van der Waals surface area contributed by atoms with Gasteiger partial charge in [0, 0.05) is 0 Å². The van der Waals surface area contributed by atoms with Gasteiger partial charge in [0.1, 0.15) is 6.33 Å². The van der Waals surface area contributed by atoms with Crippen LogP contribution < -0.4 is 5.32 Å². The minimum atomic E-state index is -0.409. The molecule has 0 aliphatic carbocycles. The van der Waals surface area contributed by atoms with Crippen molar-refractivity contribution in [2.45, 2.75) is 31.2 Å². The highest BCUT2D eigenvalue weighted by molar-refractivity contribution is 8.00. The number of nitrogens with zero attached hydrogens (tertiary/aromatic N) is 3. The first-order valence-corrected chi connectivity index (χ1v) is 9.89. The van der Waals surface area contributed by atoms with E-state index >= 15 is 0 Å². The smallest absolute Gasteiger partial charge is 0.237 e. The van der Waals surface area contributed by atoms with Gasteiger partial charge in [-0.3, -0.25) is 9.36 Å². The third kappa shape index (κ3) is 4.46. The largest absolute Gasteiger partial charge is 0.324 e. The zero-order chi connectivity index (χ0) is 19.6. The molecule has 8 heteroatoms. The van der Waals surface area contributed by atoms with Crippen molar-refractivity contribution in [1.82, 2.24) is 14.8 Å². The monoisotopic (exact) mass is 420 g/mol. The molecule has 1 heterocycles. The maximum atomic E-state index is 12.6. The van der Waals surface area contributed by atoms with E-state index < -0.39 is 5.25 Å². The van der Waals surface area contributed by atoms with Crippen molar-refractivity contribution in [2.24, 2.45) is 0 Å². The highest BCUT2D eigenvalue weighted by Crippen LogP contribution is 2.31. The van der Waals surface area contributed by atoms with Crippen LogP contribution in [0.1, 0.15) is 18.1 Å². The SMILES string of the molecule is Cc1ccc(-n2cnnc2S[C@@H](C)C(=O)Nc2cccc(Cl)c2Cl)c(C)c1. The Balaban J connectivity index is 1.77. The number of nitrogens with one attached hydrogen (secondary N) is 1. The predicted molar refractivity (Wildman–Crippen MR) is 111 cm³/mol.